The van der Waals surface area contributed by atoms with Gasteiger partial charge in [-0.05, 0) is 25.5 Å². The van der Waals surface area contributed by atoms with Crippen LogP contribution in [0.4, 0.5) is 5.69 Å². The molecule has 0 bridgehead atoms. The summed E-state index contributed by atoms with van der Waals surface area (Å²) < 4.78 is 0. The molecule has 0 heterocycles. The molecule has 0 radical (unpaired) electrons. The van der Waals surface area contributed by atoms with Crippen molar-refractivity contribution in [3.05, 3.63) is 42.5 Å². The van der Waals surface area contributed by atoms with Crippen LogP contribution in [-0.4, -0.2) is 39.1 Å². The van der Waals surface area contributed by atoms with Gasteiger partial charge < -0.3 is 9.80 Å². The Morgan fingerprint density at radius 2 is 1.53 bits per heavy atom. The third-order valence-electron chi connectivity index (χ3n) is 3.06. The first kappa shape index (κ1) is 11.9. The van der Waals surface area contributed by atoms with Gasteiger partial charge in [0.15, 0.2) is 0 Å². The molecule has 0 unspecified atom stereocenters. The van der Waals surface area contributed by atoms with Crippen molar-refractivity contribution in [2.24, 2.45) is 0 Å². The van der Waals surface area contributed by atoms with Crippen molar-refractivity contribution in [2.75, 3.05) is 39.1 Å². The molecule has 2 aromatic rings. The molecule has 0 aromatic heterocycles. The number of hydrogen-bond donors (Lipinski definition) is 0. The van der Waals surface area contributed by atoms with Crippen LogP contribution in [0.15, 0.2) is 42.5 Å². The van der Waals surface area contributed by atoms with Crippen LogP contribution in [0, 0.1) is 0 Å². The van der Waals surface area contributed by atoms with E-state index in [0.29, 0.717) is 0 Å². The number of nitrogens with zero attached hydrogens (tertiary/aromatic N) is 2. The molecule has 0 amide bonds. The summed E-state index contributed by atoms with van der Waals surface area (Å²) in [5.41, 5.74) is 1.31. The highest BCUT2D eigenvalue weighted by molar-refractivity contribution is 5.94. The van der Waals surface area contributed by atoms with Crippen LogP contribution in [0.1, 0.15) is 0 Å². The van der Waals surface area contributed by atoms with Gasteiger partial charge in [-0.1, -0.05) is 36.4 Å². The summed E-state index contributed by atoms with van der Waals surface area (Å²) in [4.78, 5) is 4.53. The van der Waals surface area contributed by atoms with Crippen LogP contribution in [0.2, 0.25) is 0 Å². The lowest BCUT2D eigenvalue weighted by molar-refractivity contribution is 0.416. The Balaban J connectivity index is 2.28. The fourth-order valence-electron chi connectivity index (χ4n) is 2.01. The molecular formula is C15H20N2. The minimum absolute atomic E-state index is 1.04. The van der Waals surface area contributed by atoms with E-state index in [0.717, 1.165) is 13.1 Å². The normalized spacial score (nSPS) is 11.1. The summed E-state index contributed by atoms with van der Waals surface area (Å²) in [7, 11) is 6.37. The predicted molar refractivity (Wildman–Crippen MR) is 75.8 cm³/mol. The maximum atomic E-state index is 2.32. The molecule has 0 atom stereocenters. The lowest BCUT2D eigenvalue weighted by Crippen LogP contribution is -2.28. The fraction of sp³-hybridized carbons (Fsp3) is 0.333. The van der Waals surface area contributed by atoms with Crippen molar-refractivity contribution in [1.82, 2.24) is 4.90 Å². The zero-order valence-electron chi connectivity index (χ0n) is 10.9. The SMILES string of the molecule is CN(C)CCN(C)c1cccc2ccccc12. The Morgan fingerprint density at radius 1 is 0.824 bits per heavy atom. The highest BCUT2D eigenvalue weighted by Gasteiger charge is 2.05. The van der Waals surface area contributed by atoms with Gasteiger partial charge in [0, 0.05) is 31.2 Å². The predicted octanol–water partition coefficient (Wildman–Crippen LogP) is 2.84. The number of anilines is 1. The van der Waals surface area contributed by atoms with Gasteiger partial charge in [0.2, 0.25) is 0 Å². The van der Waals surface area contributed by atoms with E-state index in [1.54, 1.807) is 0 Å². The highest BCUT2D eigenvalue weighted by Crippen LogP contribution is 2.25. The zero-order valence-corrected chi connectivity index (χ0v) is 10.9. The van der Waals surface area contributed by atoms with E-state index in [9.17, 15) is 0 Å². The Bertz CT molecular complexity index is 486. The molecule has 2 aromatic carbocycles. The lowest BCUT2D eigenvalue weighted by Gasteiger charge is -2.23. The van der Waals surface area contributed by atoms with Crippen molar-refractivity contribution in [3.63, 3.8) is 0 Å². The quantitative estimate of drug-likeness (QED) is 0.794. The van der Waals surface area contributed by atoms with E-state index in [2.05, 4.69) is 73.4 Å². The lowest BCUT2D eigenvalue weighted by atomic mass is 10.1. The molecule has 0 saturated heterocycles. The summed E-state index contributed by atoms with van der Waals surface area (Å²) in [6.07, 6.45) is 0. The molecular weight excluding hydrogens is 208 g/mol. The third-order valence-corrected chi connectivity index (χ3v) is 3.06. The largest absolute Gasteiger partial charge is 0.373 e. The number of fused-ring (bicyclic) bond motifs is 1. The van der Waals surface area contributed by atoms with E-state index in [4.69, 9.17) is 0 Å². The van der Waals surface area contributed by atoms with Crippen molar-refractivity contribution >= 4 is 16.5 Å². The zero-order chi connectivity index (χ0) is 12.3. The van der Waals surface area contributed by atoms with E-state index in [1.165, 1.54) is 16.5 Å². The molecule has 0 N–H and O–H groups in total. The molecule has 0 aliphatic rings. The second kappa shape index (κ2) is 5.19. The second-order valence-electron chi connectivity index (χ2n) is 4.72. The van der Waals surface area contributed by atoms with Gasteiger partial charge in [0.1, 0.15) is 0 Å². The van der Waals surface area contributed by atoms with E-state index in [1.807, 2.05) is 0 Å². The van der Waals surface area contributed by atoms with E-state index < -0.39 is 0 Å². The standard InChI is InChI=1S/C15H20N2/c1-16(2)11-12-17(3)15-10-6-8-13-7-4-5-9-14(13)15/h4-10H,11-12H2,1-3H3. The Hall–Kier alpha value is -1.54. The van der Waals surface area contributed by atoms with Crippen LogP contribution in [0.3, 0.4) is 0 Å². The summed E-state index contributed by atoms with van der Waals surface area (Å²) in [5.74, 6) is 0. The molecule has 17 heavy (non-hydrogen) atoms. The molecule has 2 rings (SSSR count). The van der Waals surface area contributed by atoms with E-state index in [-0.39, 0.29) is 0 Å². The fourth-order valence-corrected chi connectivity index (χ4v) is 2.01. The van der Waals surface area contributed by atoms with Gasteiger partial charge in [-0.15, -0.1) is 0 Å². The van der Waals surface area contributed by atoms with E-state index >= 15 is 0 Å². The first-order chi connectivity index (χ1) is 8.18. The van der Waals surface area contributed by atoms with Gasteiger partial charge in [0.25, 0.3) is 0 Å². The molecule has 90 valence electrons. The summed E-state index contributed by atoms with van der Waals surface area (Å²) in [6, 6.07) is 15.0. The Morgan fingerprint density at radius 3 is 2.29 bits per heavy atom. The number of benzene rings is 2. The summed E-state index contributed by atoms with van der Waals surface area (Å²) in [5, 5.41) is 2.64. The molecule has 2 nitrogen and oxygen atoms in total. The van der Waals surface area contributed by atoms with Crippen molar-refractivity contribution in [3.8, 4) is 0 Å². The highest BCUT2D eigenvalue weighted by atomic mass is 15.2. The average molecular weight is 228 g/mol. The monoisotopic (exact) mass is 228 g/mol. The molecule has 0 fully saturated rings. The molecule has 2 heteroatoms. The molecule has 0 saturated carbocycles. The van der Waals surface area contributed by atoms with Gasteiger partial charge in [-0.2, -0.15) is 0 Å². The van der Waals surface area contributed by atoms with Crippen LogP contribution in [-0.2, 0) is 0 Å². The molecule has 0 spiro atoms. The first-order valence-corrected chi connectivity index (χ1v) is 6.02. The Kier molecular flexibility index (Phi) is 3.64. The maximum Gasteiger partial charge on any atom is 0.0443 e. The number of hydrogen-bond acceptors (Lipinski definition) is 2. The minimum Gasteiger partial charge on any atom is -0.373 e. The molecule has 0 aliphatic heterocycles. The van der Waals surface area contributed by atoms with Crippen molar-refractivity contribution in [1.29, 1.82) is 0 Å². The number of rotatable bonds is 4. The second-order valence-corrected chi connectivity index (χ2v) is 4.72. The first-order valence-electron chi connectivity index (χ1n) is 6.02. The topological polar surface area (TPSA) is 6.48 Å². The van der Waals surface area contributed by atoms with Gasteiger partial charge >= 0.3 is 0 Å². The van der Waals surface area contributed by atoms with Crippen LogP contribution >= 0.6 is 0 Å². The van der Waals surface area contributed by atoms with Crippen LogP contribution in [0.5, 0.6) is 0 Å². The van der Waals surface area contributed by atoms with Crippen LogP contribution in [0.25, 0.3) is 10.8 Å². The summed E-state index contributed by atoms with van der Waals surface area (Å²) >= 11 is 0. The van der Waals surface area contributed by atoms with Crippen molar-refractivity contribution in [2.45, 2.75) is 0 Å². The Labute approximate surface area is 103 Å². The number of likely N-dealkylation sites (N-methyl/N-ethyl adjacent to an activating group) is 2. The smallest absolute Gasteiger partial charge is 0.0443 e. The average Bonchev–Trinajstić information content (AvgIpc) is 2.35. The third kappa shape index (κ3) is 2.77. The maximum absolute atomic E-state index is 2.32. The van der Waals surface area contributed by atoms with Gasteiger partial charge in [-0.25, -0.2) is 0 Å². The van der Waals surface area contributed by atoms with Crippen molar-refractivity contribution < 1.29 is 0 Å². The molecule has 0 aliphatic carbocycles. The summed E-state index contributed by atoms with van der Waals surface area (Å²) in [6.45, 7) is 2.11. The van der Waals surface area contributed by atoms with Crippen LogP contribution < -0.4 is 4.90 Å². The van der Waals surface area contributed by atoms with Gasteiger partial charge in [0.05, 0.1) is 0 Å². The minimum atomic E-state index is 1.04. The van der Waals surface area contributed by atoms with Gasteiger partial charge in [-0.3, -0.25) is 0 Å².